The van der Waals surface area contributed by atoms with Gasteiger partial charge in [0.2, 0.25) is 0 Å². The third-order valence-corrected chi connectivity index (χ3v) is 3.22. The zero-order valence-electron chi connectivity index (χ0n) is 9.53. The summed E-state index contributed by atoms with van der Waals surface area (Å²) in [5.41, 5.74) is 7.03. The van der Waals surface area contributed by atoms with Gasteiger partial charge in [0.05, 0.1) is 0 Å². The van der Waals surface area contributed by atoms with Gasteiger partial charge >= 0.3 is 0 Å². The summed E-state index contributed by atoms with van der Waals surface area (Å²) in [5, 5.41) is 0. The molecule has 0 saturated carbocycles. The van der Waals surface area contributed by atoms with E-state index in [-0.39, 0.29) is 5.54 Å². The van der Waals surface area contributed by atoms with E-state index in [4.69, 9.17) is 5.73 Å². The number of hydrogen-bond donors (Lipinski definition) is 1. The van der Waals surface area contributed by atoms with Crippen LogP contribution >= 0.6 is 0 Å². The monoisotopic (exact) mass is 205 g/mol. The van der Waals surface area contributed by atoms with Gasteiger partial charge in [-0.3, -0.25) is 0 Å². The van der Waals surface area contributed by atoms with Gasteiger partial charge in [-0.1, -0.05) is 0 Å². The van der Waals surface area contributed by atoms with Crippen molar-refractivity contribution < 1.29 is 0 Å². The Hall–Kier alpha value is -1.09. The Kier molecular flexibility index (Phi) is 2.65. The molecular weight excluding hydrogens is 186 g/mol. The molecule has 2 heterocycles. The van der Waals surface area contributed by atoms with E-state index in [0.717, 1.165) is 17.9 Å². The van der Waals surface area contributed by atoms with Gasteiger partial charge in [0.25, 0.3) is 0 Å². The molecule has 2 rings (SSSR count). The van der Waals surface area contributed by atoms with Gasteiger partial charge in [0.15, 0.2) is 0 Å². The molecule has 15 heavy (non-hydrogen) atoms. The van der Waals surface area contributed by atoms with Crippen molar-refractivity contribution in [3.8, 4) is 0 Å². The minimum atomic E-state index is 0.236. The lowest BCUT2D eigenvalue weighted by Gasteiger charge is -2.32. The van der Waals surface area contributed by atoms with Gasteiger partial charge in [-0.2, -0.15) is 0 Å². The lowest BCUT2D eigenvalue weighted by molar-refractivity contribution is 0.514. The quantitative estimate of drug-likeness (QED) is 0.802. The summed E-state index contributed by atoms with van der Waals surface area (Å²) in [6.45, 7) is 6.24. The topological polar surface area (TPSA) is 42.1 Å². The number of anilines is 1. The minimum Gasteiger partial charge on any atom is -0.351 e. The molecule has 1 aliphatic rings. The highest BCUT2D eigenvalue weighted by molar-refractivity contribution is 5.45. The zero-order chi connectivity index (χ0) is 10.9. The summed E-state index contributed by atoms with van der Waals surface area (Å²) in [6.07, 6.45) is 4.34. The smallest absolute Gasteiger partial charge is 0.129 e. The highest BCUT2D eigenvalue weighted by Gasteiger charge is 2.32. The van der Waals surface area contributed by atoms with Crippen LogP contribution in [0.1, 0.15) is 32.3 Å². The molecule has 1 saturated heterocycles. The Labute approximate surface area is 91.3 Å². The lowest BCUT2D eigenvalue weighted by Crippen LogP contribution is -2.38. The van der Waals surface area contributed by atoms with Crippen molar-refractivity contribution in [3.05, 3.63) is 23.9 Å². The van der Waals surface area contributed by atoms with E-state index in [2.05, 4.69) is 29.8 Å². The minimum absolute atomic E-state index is 0.236. The van der Waals surface area contributed by atoms with Crippen LogP contribution in [-0.4, -0.2) is 17.1 Å². The Morgan fingerprint density at radius 1 is 1.53 bits per heavy atom. The standard InChI is InChI=1S/C12H19N3/c1-12(2)5-3-7-15(12)11-8-10(9-13)4-6-14-11/h4,6,8H,3,5,7,9,13H2,1-2H3. The second kappa shape index (κ2) is 3.81. The normalized spacial score (nSPS) is 19.5. The van der Waals surface area contributed by atoms with Gasteiger partial charge in [-0.15, -0.1) is 0 Å². The van der Waals surface area contributed by atoms with Crippen molar-refractivity contribution >= 4 is 5.82 Å². The Morgan fingerprint density at radius 3 is 2.93 bits per heavy atom. The van der Waals surface area contributed by atoms with Crippen LogP contribution in [-0.2, 0) is 6.54 Å². The summed E-state index contributed by atoms with van der Waals surface area (Å²) in [4.78, 5) is 6.82. The van der Waals surface area contributed by atoms with E-state index < -0.39 is 0 Å². The molecule has 1 aromatic heterocycles. The van der Waals surface area contributed by atoms with E-state index in [9.17, 15) is 0 Å². The molecule has 0 amide bonds. The maximum absolute atomic E-state index is 5.64. The third kappa shape index (κ3) is 1.97. The molecule has 0 aromatic carbocycles. The Bertz CT molecular complexity index is 346. The average Bonchev–Trinajstić information content (AvgIpc) is 2.58. The Balaban J connectivity index is 2.29. The number of rotatable bonds is 2. The lowest BCUT2D eigenvalue weighted by atomic mass is 10.0. The molecule has 1 fully saturated rings. The predicted molar refractivity (Wildman–Crippen MR) is 62.8 cm³/mol. The average molecular weight is 205 g/mol. The molecule has 0 bridgehead atoms. The second-order valence-corrected chi connectivity index (χ2v) is 4.79. The fourth-order valence-corrected chi connectivity index (χ4v) is 2.27. The van der Waals surface area contributed by atoms with Crippen LogP contribution in [0.4, 0.5) is 5.82 Å². The fourth-order valence-electron chi connectivity index (χ4n) is 2.27. The highest BCUT2D eigenvalue weighted by Crippen LogP contribution is 2.32. The molecule has 0 radical (unpaired) electrons. The van der Waals surface area contributed by atoms with Crippen LogP contribution in [0.5, 0.6) is 0 Å². The maximum atomic E-state index is 5.64. The Morgan fingerprint density at radius 2 is 2.33 bits per heavy atom. The second-order valence-electron chi connectivity index (χ2n) is 4.79. The van der Waals surface area contributed by atoms with E-state index >= 15 is 0 Å². The summed E-state index contributed by atoms with van der Waals surface area (Å²) in [6, 6.07) is 4.08. The van der Waals surface area contributed by atoms with Crippen molar-refractivity contribution in [2.45, 2.75) is 38.8 Å². The van der Waals surface area contributed by atoms with Crippen LogP contribution in [0.15, 0.2) is 18.3 Å². The van der Waals surface area contributed by atoms with Gasteiger partial charge in [0, 0.05) is 24.8 Å². The van der Waals surface area contributed by atoms with E-state index in [1.165, 1.54) is 12.8 Å². The van der Waals surface area contributed by atoms with E-state index in [1.54, 1.807) is 0 Å². The van der Waals surface area contributed by atoms with E-state index in [0.29, 0.717) is 6.54 Å². The first-order chi connectivity index (χ1) is 7.13. The molecule has 2 N–H and O–H groups in total. The van der Waals surface area contributed by atoms with Crippen LogP contribution < -0.4 is 10.6 Å². The fraction of sp³-hybridized carbons (Fsp3) is 0.583. The van der Waals surface area contributed by atoms with Crippen LogP contribution in [0.25, 0.3) is 0 Å². The van der Waals surface area contributed by atoms with Crippen LogP contribution in [0.3, 0.4) is 0 Å². The molecule has 82 valence electrons. The molecule has 0 aliphatic carbocycles. The first-order valence-electron chi connectivity index (χ1n) is 5.56. The molecular formula is C12H19N3. The summed E-state index contributed by atoms with van der Waals surface area (Å²) >= 11 is 0. The molecule has 1 aliphatic heterocycles. The summed E-state index contributed by atoms with van der Waals surface area (Å²) < 4.78 is 0. The van der Waals surface area contributed by atoms with Crippen molar-refractivity contribution in [3.63, 3.8) is 0 Å². The van der Waals surface area contributed by atoms with Crippen molar-refractivity contribution in [2.75, 3.05) is 11.4 Å². The van der Waals surface area contributed by atoms with Crippen molar-refractivity contribution in [2.24, 2.45) is 5.73 Å². The number of hydrogen-bond acceptors (Lipinski definition) is 3. The first-order valence-corrected chi connectivity index (χ1v) is 5.56. The van der Waals surface area contributed by atoms with E-state index in [1.807, 2.05) is 12.3 Å². The number of aromatic nitrogens is 1. The first kappa shape index (κ1) is 10.4. The molecule has 0 unspecified atom stereocenters. The van der Waals surface area contributed by atoms with Crippen LogP contribution in [0, 0.1) is 0 Å². The summed E-state index contributed by atoms with van der Waals surface area (Å²) in [5.74, 6) is 1.07. The number of pyridine rings is 1. The SMILES string of the molecule is CC1(C)CCCN1c1cc(CN)ccn1. The number of nitrogens with zero attached hydrogens (tertiary/aromatic N) is 2. The number of nitrogens with two attached hydrogens (primary N) is 1. The predicted octanol–water partition coefficient (Wildman–Crippen LogP) is 1.92. The maximum Gasteiger partial charge on any atom is 0.129 e. The van der Waals surface area contributed by atoms with Crippen molar-refractivity contribution in [1.82, 2.24) is 4.98 Å². The van der Waals surface area contributed by atoms with Crippen LogP contribution in [0.2, 0.25) is 0 Å². The van der Waals surface area contributed by atoms with Gasteiger partial charge < -0.3 is 10.6 Å². The zero-order valence-corrected chi connectivity index (χ0v) is 9.53. The molecule has 3 nitrogen and oxygen atoms in total. The molecule has 1 aromatic rings. The summed E-state index contributed by atoms with van der Waals surface area (Å²) in [7, 11) is 0. The van der Waals surface area contributed by atoms with Gasteiger partial charge in [-0.05, 0) is 44.4 Å². The third-order valence-electron chi connectivity index (χ3n) is 3.22. The van der Waals surface area contributed by atoms with Gasteiger partial charge in [-0.25, -0.2) is 4.98 Å². The van der Waals surface area contributed by atoms with Crippen molar-refractivity contribution in [1.29, 1.82) is 0 Å². The molecule has 3 heteroatoms. The molecule has 0 spiro atoms. The largest absolute Gasteiger partial charge is 0.351 e. The van der Waals surface area contributed by atoms with Gasteiger partial charge in [0.1, 0.15) is 5.82 Å². The highest BCUT2D eigenvalue weighted by atomic mass is 15.3. The molecule has 0 atom stereocenters.